The van der Waals surface area contributed by atoms with Gasteiger partial charge in [-0.3, -0.25) is 0 Å². The summed E-state index contributed by atoms with van der Waals surface area (Å²) in [7, 11) is -3.04. The van der Waals surface area contributed by atoms with Crippen LogP contribution in [-0.2, 0) is 10.0 Å². The highest BCUT2D eigenvalue weighted by Gasteiger charge is 2.27. The standard InChI is InChI=1S/C8H18N2O2S/c1-8(4-3-5-9-6-8)7-10-13(2,11)12/h9-10H,3-7H2,1-2H3. The Balaban J connectivity index is 2.42. The van der Waals surface area contributed by atoms with Gasteiger partial charge in [-0.25, -0.2) is 13.1 Å². The lowest BCUT2D eigenvalue weighted by molar-refractivity contribution is 0.239. The van der Waals surface area contributed by atoms with Gasteiger partial charge in [0, 0.05) is 13.1 Å². The van der Waals surface area contributed by atoms with Crippen LogP contribution >= 0.6 is 0 Å². The van der Waals surface area contributed by atoms with Crippen molar-refractivity contribution in [2.45, 2.75) is 19.8 Å². The van der Waals surface area contributed by atoms with Crippen LogP contribution in [-0.4, -0.2) is 34.3 Å². The Morgan fingerprint density at radius 3 is 2.69 bits per heavy atom. The molecule has 0 aromatic carbocycles. The van der Waals surface area contributed by atoms with Crippen molar-refractivity contribution in [3.05, 3.63) is 0 Å². The summed E-state index contributed by atoms with van der Waals surface area (Å²) >= 11 is 0. The number of hydrogen-bond donors (Lipinski definition) is 2. The molecule has 5 heteroatoms. The molecule has 1 heterocycles. The number of rotatable bonds is 3. The van der Waals surface area contributed by atoms with Gasteiger partial charge in [0.2, 0.25) is 10.0 Å². The molecule has 1 fully saturated rings. The van der Waals surface area contributed by atoms with Gasteiger partial charge in [0.25, 0.3) is 0 Å². The lowest BCUT2D eigenvalue weighted by atomic mass is 9.83. The van der Waals surface area contributed by atoms with E-state index in [-0.39, 0.29) is 5.41 Å². The summed E-state index contributed by atoms with van der Waals surface area (Å²) in [5.74, 6) is 0. The van der Waals surface area contributed by atoms with E-state index in [9.17, 15) is 8.42 Å². The van der Waals surface area contributed by atoms with Crippen molar-refractivity contribution in [1.29, 1.82) is 0 Å². The van der Waals surface area contributed by atoms with Crippen molar-refractivity contribution >= 4 is 10.0 Å². The highest BCUT2D eigenvalue weighted by atomic mass is 32.2. The normalized spacial score (nSPS) is 30.3. The van der Waals surface area contributed by atoms with E-state index in [1.807, 2.05) is 0 Å². The lowest BCUT2D eigenvalue weighted by Crippen LogP contribution is -2.45. The van der Waals surface area contributed by atoms with E-state index in [0.29, 0.717) is 6.54 Å². The summed E-state index contributed by atoms with van der Waals surface area (Å²) in [5.41, 5.74) is 0.0847. The Morgan fingerprint density at radius 2 is 2.23 bits per heavy atom. The highest BCUT2D eigenvalue weighted by Crippen LogP contribution is 2.24. The minimum absolute atomic E-state index is 0.0847. The Labute approximate surface area is 80.1 Å². The van der Waals surface area contributed by atoms with Gasteiger partial charge in [-0.05, 0) is 24.8 Å². The molecule has 0 bridgehead atoms. The molecular weight excluding hydrogens is 188 g/mol. The molecule has 0 spiro atoms. The van der Waals surface area contributed by atoms with E-state index in [4.69, 9.17) is 0 Å². The second kappa shape index (κ2) is 3.94. The Kier molecular flexibility index (Phi) is 3.32. The van der Waals surface area contributed by atoms with Gasteiger partial charge < -0.3 is 5.32 Å². The minimum Gasteiger partial charge on any atom is -0.316 e. The van der Waals surface area contributed by atoms with Crippen LogP contribution in [0, 0.1) is 5.41 Å². The van der Waals surface area contributed by atoms with Crippen LogP contribution in [0.4, 0.5) is 0 Å². The molecule has 0 aliphatic carbocycles. The van der Waals surface area contributed by atoms with Crippen LogP contribution in [0.15, 0.2) is 0 Å². The molecule has 0 saturated carbocycles. The van der Waals surface area contributed by atoms with Crippen LogP contribution in [0.25, 0.3) is 0 Å². The van der Waals surface area contributed by atoms with E-state index in [2.05, 4.69) is 17.0 Å². The molecule has 0 radical (unpaired) electrons. The van der Waals surface area contributed by atoms with Gasteiger partial charge in [0.1, 0.15) is 0 Å². The van der Waals surface area contributed by atoms with Crippen molar-refractivity contribution in [2.75, 3.05) is 25.9 Å². The lowest BCUT2D eigenvalue weighted by Gasteiger charge is -2.33. The largest absolute Gasteiger partial charge is 0.316 e. The Hall–Kier alpha value is -0.130. The van der Waals surface area contributed by atoms with E-state index < -0.39 is 10.0 Å². The molecule has 1 aliphatic rings. The molecule has 1 unspecified atom stereocenters. The third-order valence-electron chi connectivity index (χ3n) is 2.45. The third-order valence-corrected chi connectivity index (χ3v) is 3.12. The van der Waals surface area contributed by atoms with E-state index in [1.165, 1.54) is 6.26 Å². The first-order valence-electron chi connectivity index (χ1n) is 4.57. The molecule has 13 heavy (non-hydrogen) atoms. The van der Waals surface area contributed by atoms with E-state index >= 15 is 0 Å². The predicted molar refractivity (Wildman–Crippen MR) is 53.1 cm³/mol. The summed E-state index contributed by atoms with van der Waals surface area (Å²) in [6, 6.07) is 0. The topological polar surface area (TPSA) is 58.2 Å². The first kappa shape index (κ1) is 10.9. The van der Waals surface area contributed by atoms with Gasteiger partial charge in [-0.15, -0.1) is 0 Å². The molecule has 0 aromatic heterocycles. The van der Waals surface area contributed by atoms with Crippen molar-refractivity contribution in [1.82, 2.24) is 10.0 Å². The summed E-state index contributed by atoms with van der Waals surface area (Å²) < 4.78 is 24.3. The quantitative estimate of drug-likeness (QED) is 0.679. The summed E-state index contributed by atoms with van der Waals surface area (Å²) in [6.07, 6.45) is 3.41. The molecule has 1 atom stereocenters. The highest BCUT2D eigenvalue weighted by molar-refractivity contribution is 7.88. The van der Waals surface area contributed by atoms with Crippen molar-refractivity contribution in [2.24, 2.45) is 5.41 Å². The second-order valence-electron chi connectivity index (χ2n) is 4.18. The number of sulfonamides is 1. The SMILES string of the molecule is CC1(CNS(C)(=O)=O)CCCNC1. The maximum Gasteiger partial charge on any atom is 0.208 e. The summed E-state index contributed by atoms with van der Waals surface area (Å²) in [6.45, 7) is 4.60. The average Bonchev–Trinajstić information content (AvgIpc) is 2.02. The van der Waals surface area contributed by atoms with Crippen LogP contribution < -0.4 is 10.0 Å². The zero-order valence-corrected chi connectivity index (χ0v) is 9.08. The van der Waals surface area contributed by atoms with Crippen LogP contribution in [0.1, 0.15) is 19.8 Å². The zero-order chi connectivity index (χ0) is 9.95. The average molecular weight is 206 g/mol. The van der Waals surface area contributed by atoms with Crippen molar-refractivity contribution in [3.8, 4) is 0 Å². The third kappa shape index (κ3) is 4.06. The smallest absolute Gasteiger partial charge is 0.208 e. The predicted octanol–water partition coefficient (Wildman–Crippen LogP) is -0.0747. The number of nitrogens with one attached hydrogen (secondary N) is 2. The maximum atomic E-state index is 10.9. The minimum atomic E-state index is -3.04. The monoisotopic (exact) mass is 206 g/mol. The van der Waals surface area contributed by atoms with E-state index in [0.717, 1.165) is 25.9 Å². The first-order chi connectivity index (χ1) is 5.91. The Morgan fingerprint density at radius 1 is 1.54 bits per heavy atom. The fraction of sp³-hybridized carbons (Fsp3) is 1.00. The van der Waals surface area contributed by atoms with Gasteiger partial charge in [0.15, 0.2) is 0 Å². The molecule has 1 rings (SSSR count). The fourth-order valence-corrected chi connectivity index (χ4v) is 2.19. The molecule has 4 nitrogen and oxygen atoms in total. The van der Waals surface area contributed by atoms with Crippen molar-refractivity contribution < 1.29 is 8.42 Å². The van der Waals surface area contributed by atoms with Gasteiger partial charge in [0.05, 0.1) is 6.26 Å². The van der Waals surface area contributed by atoms with Crippen LogP contribution in [0.5, 0.6) is 0 Å². The molecule has 2 N–H and O–H groups in total. The Bertz CT molecular complexity index is 255. The van der Waals surface area contributed by atoms with Crippen LogP contribution in [0.3, 0.4) is 0 Å². The fourth-order valence-electron chi connectivity index (χ4n) is 1.57. The van der Waals surface area contributed by atoms with E-state index in [1.54, 1.807) is 0 Å². The molecule has 1 aliphatic heterocycles. The second-order valence-corrected chi connectivity index (χ2v) is 6.02. The van der Waals surface area contributed by atoms with Gasteiger partial charge in [-0.1, -0.05) is 6.92 Å². The molecule has 1 saturated heterocycles. The van der Waals surface area contributed by atoms with Gasteiger partial charge >= 0.3 is 0 Å². The zero-order valence-electron chi connectivity index (χ0n) is 8.26. The number of hydrogen-bond acceptors (Lipinski definition) is 3. The summed E-state index contributed by atoms with van der Waals surface area (Å²) in [5, 5.41) is 3.28. The van der Waals surface area contributed by atoms with Crippen molar-refractivity contribution in [3.63, 3.8) is 0 Å². The van der Waals surface area contributed by atoms with Crippen LogP contribution in [0.2, 0.25) is 0 Å². The number of piperidine rings is 1. The maximum absolute atomic E-state index is 10.9. The molecule has 78 valence electrons. The molecule has 0 aromatic rings. The summed E-state index contributed by atoms with van der Waals surface area (Å²) in [4.78, 5) is 0. The first-order valence-corrected chi connectivity index (χ1v) is 6.46. The molecule has 0 amide bonds. The van der Waals surface area contributed by atoms with Gasteiger partial charge in [-0.2, -0.15) is 0 Å². The molecular formula is C8H18N2O2S.